The Morgan fingerprint density at radius 3 is 2.68 bits per heavy atom. The summed E-state index contributed by atoms with van der Waals surface area (Å²) >= 11 is 12.3. The average Bonchev–Trinajstić information content (AvgIpc) is 2.41. The van der Waals surface area contributed by atoms with Gasteiger partial charge < -0.3 is 5.32 Å². The van der Waals surface area contributed by atoms with Gasteiger partial charge >= 0.3 is 0 Å². The van der Waals surface area contributed by atoms with Crippen LogP contribution in [0, 0.1) is 6.92 Å². The number of likely N-dealkylation sites (N-methyl/N-ethyl adjacent to an activating group) is 1. The first-order valence-electron chi connectivity index (χ1n) is 6.15. The second kappa shape index (κ2) is 6.38. The Morgan fingerprint density at radius 2 is 2.00 bits per heavy atom. The minimum atomic E-state index is 0.122. The van der Waals surface area contributed by atoms with Crippen LogP contribution in [-0.4, -0.2) is 12.0 Å². The number of halogens is 2. The number of hydrogen-bond acceptors (Lipinski definition) is 2. The molecule has 0 saturated carbocycles. The first kappa shape index (κ1) is 14.3. The number of pyridine rings is 1. The van der Waals surface area contributed by atoms with Crippen LogP contribution in [0.1, 0.15) is 22.9 Å². The number of nitrogens with zero attached hydrogens (tertiary/aromatic N) is 1. The normalized spacial score (nSPS) is 12.4. The zero-order valence-corrected chi connectivity index (χ0v) is 12.5. The maximum atomic E-state index is 6.24. The predicted octanol–water partition coefficient (Wildman–Crippen LogP) is 4.20. The van der Waals surface area contributed by atoms with Crippen LogP contribution in [0.5, 0.6) is 0 Å². The molecule has 1 aromatic carbocycles. The summed E-state index contributed by atoms with van der Waals surface area (Å²) in [5.74, 6) is 0. The number of aromatic nitrogens is 1. The topological polar surface area (TPSA) is 24.9 Å². The Hall–Kier alpha value is -1.09. The SMILES string of the molecule is CNC(Cc1cccc(Cl)c1Cl)c1ncccc1C. The highest BCUT2D eigenvalue weighted by molar-refractivity contribution is 6.42. The molecule has 0 bridgehead atoms. The summed E-state index contributed by atoms with van der Waals surface area (Å²) in [5.41, 5.74) is 3.24. The van der Waals surface area contributed by atoms with Gasteiger partial charge in [-0.15, -0.1) is 0 Å². The summed E-state index contributed by atoms with van der Waals surface area (Å²) in [4.78, 5) is 4.46. The molecule has 1 unspecified atom stereocenters. The van der Waals surface area contributed by atoms with Crippen molar-refractivity contribution in [2.45, 2.75) is 19.4 Å². The molecule has 1 aromatic heterocycles. The van der Waals surface area contributed by atoms with E-state index in [1.807, 2.05) is 31.4 Å². The minimum absolute atomic E-state index is 0.122. The molecule has 2 rings (SSSR count). The lowest BCUT2D eigenvalue weighted by molar-refractivity contribution is 0.572. The molecule has 1 heterocycles. The van der Waals surface area contributed by atoms with E-state index in [-0.39, 0.29) is 6.04 Å². The molecule has 100 valence electrons. The third-order valence-electron chi connectivity index (χ3n) is 3.18. The standard InChI is InChI=1S/C15H16Cl2N2/c1-10-5-4-8-19-15(10)13(18-2)9-11-6-3-7-12(16)14(11)17/h3-8,13,18H,9H2,1-2H3. The first-order chi connectivity index (χ1) is 9.13. The van der Waals surface area contributed by atoms with Crippen molar-refractivity contribution in [3.63, 3.8) is 0 Å². The molecule has 0 aliphatic rings. The molecule has 0 spiro atoms. The lowest BCUT2D eigenvalue weighted by atomic mass is 10.00. The van der Waals surface area contributed by atoms with Gasteiger partial charge in [-0.3, -0.25) is 4.98 Å². The molecule has 0 saturated heterocycles. The second-order valence-electron chi connectivity index (χ2n) is 4.46. The van der Waals surface area contributed by atoms with Gasteiger partial charge in [-0.1, -0.05) is 41.4 Å². The maximum absolute atomic E-state index is 6.24. The largest absolute Gasteiger partial charge is 0.311 e. The van der Waals surface area contributed by atoms with E-state index in [1.165, 1.54) is 5.56 Å². The lowest BCUT2D eigenvalue weighted by Gasteiger charge is -2.18. The van der Waals surface area contributed by atoms with Crippen molar-refractivity contribution in [2.75, 3.05) is 7.05 Å². The van der Waals surface area contributed by atoms with Crippen molar-refractivity contribution < 1.29 is 0 Å². The second-order valence-corrected chi connectivity index (χ2v) is 5.25. The van der Waals surface area contributed by atoms with E-state index in [0.717, 1.165) is 17.7 Å². The minimum Gasteiger partial charge on any atom is -0.311 e. The molecule has 0 aliphatic heterocycles. The quantitative estimate of drug-likeness (QED) is 0.914. The fraction of sp³-hybridized carbons (Fsp3) is 0.267. The third kappa shape index (κ3) is 3.27. The molecule has 1 atom stereocenters. The van der Waals surface area contributed by atoms with Gasteiger partial charge in [0.2, 0.25) is 0 Å². The Balaban J connectivity index is 2.30. The van der Waals surface area contributed by atoms with E-state index in [1.54, 1.807) is 6.07 Å². The number of benzene rings is 1. The van der Waals surface area contributed by atoms with Crippen molar-refractivity contribution in [1.82, 2.24) is 10.3 Å². The van der Waals surface area contributed by atoms with Gasteiger partial charge in [-0.05, 0) is 43.7 Å². The molecule has 2 aromatic rings. The highest BCUT2D eigenvalue weighted by atomic mass is 35.5. The molecule has 4 heteroatoms. The number of hydrogen-bond donors (Lipinski definition) is 1. The van der Waals surface area contributed by atoms with Crippen LogP contribution in [0.25, 0.3) is 0 Å². The van der Waals surface area contributed by atoms with Gasteiger partial charge in [0.15, 0.2) is 0 Å². The van der Waals surface area contributed by atoms with Gasteiger partial charge in [0, 0.05) is 6.20 Å². The highest BCUT2D eigenvalue weighted by Gasteiger charge is 2.16. The molecule has 0 aliphatic carbocycles. The van der Waals surface area contributed by atoms with Crippen molar-refractivity contribution in [2.24, 2.45) is 0 Å². The van der Waals surface area contributed by atoms with Crippen LogP contribution in [-0.2, 0) is 6.42 Å². The molecule has 0 radical (unpaired) electrons. The Kier molecular flexibility index (Phi) is 4.81. The monoisotopic (exact) mass is 294 g/mol. The van der Waals surface area contributed by atoms with E-state index < -0.39 is 0 Å². The van der Waals surface area contributed by atoms with Gasteiger partial charge in [-0.25, -0.2) is 0 Å². The summed E-state index contributed by atoms with van der Waals surface area (Å²) in [7, 11) is 1.93. The van der Waals surface area contributed by atoms with E-state index >= 15 is 0 Å². The zero-order valence-electron chi connectivity index (χ0n) is 11.0. The van der Waals surface area contributed by atoms with Crippen LogP contribution in [0.4, 0.5) is 0 Å². The van der Waals surface area contributed by atoms with Gasteiger partial charge in [0.05, 0.1) is 21.8 Å². The molecular weight excluding hydrogens is 279 g/mol. The van der Waals surface area contributed by atoms with Crippen molar-refractivity contribution in [3.05, 3.63) is 63.4 Å². The Labute approximate surface area is 123 Å². The van der Waals surface area contributed by atoms with Gasteiger partial charge in [-0.2, -0.15) is 0 Å². The van der Waals surface area contributed by atoms with E-state index in [4.69, 9.17) is 23.2 Å². The molecule has 1 N–H and O–H groups in total. The summed E-state index contributed by atoms with van der Waals surface area (Å²) < 4.78 is 0. The lowest BCUT2D eigenvalue weighted by Crippen LogP contribution is -2.21. The fourth-order valence-corrected chi connectivity index (χ4v) is 2.52. The van der Waals surface area contributed by atoms with E-state index in [2.05, 4.69) is 23.3 Å². The number of rotatable bonds is 4. The summed E-state index contributed by atoms with van der Waals surface area (Å²) in [5, 5.41) is 4.50. The van der Waals surface area contributed by atoms with Crippen LogP contribution >= 0.6 is 23.2 Å². The van der Waals surface area contributed by atoms with Crippen molar-refractivity contribution >= 4 is 23.2 Å². The van der Waals surface area contributed by atoms with E-state index in [9.17, 15) is 0 Å². The predicted molar refractivity (Wildman–Crippen MR) is 80.9 cm³/mol. The summed E-state index contributed by atoms with van der Waals surface area (Å²) in [6.07, 6.45) is 2.57. The molecule has 19 heavy (non-hydrogen) atoms. The fourth-order valence-electron chi connectivity index (χ4n) is 2.12. The Morgan fingerprint density at radius 1 is 1.21 bits per heavy atom. The van der Waals surface area contributed by atoms with Crippen molar-refractivity contribution in [3.8, 4) is 0 Å². The molecule has 2 nitrogen and oxygen atoms in total. The number of aryl methyl sites for hydroxylation is 1. The van der Waals surface area contributed by atoms with Crippen LogP contribution in [0.15, 0.2) is 36.5 Å². The summed E-state index contributed by atoms with van der Waals surface area (Å²) in [6, 6.07) is 9.84. The maximum Gasteiger partial charge on any atom is 0.0625 e. The zero-order chi connectivity index (χ0) is 13.8. The molecule has 0 fully saturated rings. The number of nitrogens with one attached hydrogen (secondary N) is 1. The van der Waals surface area contributed by atoms with Crippen LogP contribution < -0.4 is 5.32 Å². The smallest absolute Gasteiger partial charge is 0.0625 e. The Bertz CT molecular complexity index is 570. The average molecular weight is 295 g/mol. The first-order valence-corrected chi connectivity index (χ1v) is 6.90. The summed E-state index contributed by atoms with van der Waals surface area (Å²) in [6.45, 7) is 2.06. The van der Waals surface area contributed by atoms with E-state index in [0.29, 0.717) is 10.0 Å². The van der Waals surface area contributed by atoms with Crippen LogP contribution in [0.3, 0.4) is 0 Å². The van der Waals surface area contributed by atoms with Gasteiger partial charge in [0.25, 0.3) is 0 Å². The van der Waals surface area contributed by atoms with Crippen LogP contribution in [0.2, 0.25) is 10.0 Å². The van der Waals surface area contributed by atoms with Gasteiger partial charge in [0.1, 0.15) is 0 Å². The molecule has 0 amide bonds. The third-order valence-corrected chi connectivity index (χ3v) is 4.04. The van der Waals surface area contributed by atoms with Crippen molar-refractivity contribution in [1.29, 1.82) is 0 Å². The molecular formula is C15H16Cl2N2. The highest BCUT2D eigenvalue weighted by Crippen LogP contribution is 2.29.